The summed E-state index contributed by atoms with van der Waals surface area (Å²) in [7, 11) is 3.48. The Balaban J connectivity index is 1.59. The van der Waals surface area contributed by atoms with Gasteiger partial charge in [0.1, 0.15) is 17.8 Å². The number of hydrogen-bond donors (Lipinski definition) is 2. The highest BCUT2D eigenvalue weighted by molar-refractivity contribution is 6.01. The predicted octanol–water partition coefficient (Wildman–Crippen LogP) is 3.92. The van der Waals surface area contributed by atoms with Crippen molar-refractivity contribution in [1.29, 1.82) is 0 Å². The molecule has 2 amide bonds. The van der Waals surface area contributed by atoms with Crippen LogP contribution in [0.25, 0.3) is 33.4 Å². The Morgan fingerprint density at radius 2 is 1.94 bits per heavy atom. The van der Waals surface area contributed by atoms with Crippen molar-refractivity contribution in [1.82, 2.24) is 30.0 Å². The van der Waals surface area contributed by atoms with E-state index < -0.39 is 0 Å². The number of aromatic nitrogens is 4. The van der Waals surface area contributed by atoms with Crippen LogP contribution in [0.2, 0.25) is 0 Å². The quantitative estimate of drug-likeness (QED) is 0.468. The smallest absolute Gasteiger partial charge is 0.322 e. The summed E-state index contributed by atoms with van der Waals surface area (Å²) in [6.07, 6.45) is 3.50. The molecule has 9 heteroatoms. The largest absolute Gasteiger partial charge is 0.494 e. The molecule has 2 aromatic carbocycles. The normalized spacial score (nSPS) is 18.0. The zero-order chi connectivity index (χ0) is 24.5. The van der Waals surface area contributed by atoms with E-state index in [9.17, 15) is 4.79 Å². The third kappa shape index (κ3) is 4.30. The molecule has 5 rings (SSSR count). The first-order chi connectivity index (χ1) is 17.0. The number of ether oxygens (including phenoxy) is 1. The molecule has 1 aliphatic heterocycles. The van der Waals surface area contributed by atoms with Gasteiger partial charge in [-0.25, -0.2) is 14.8 Å². The SMILES string of the molecule is COc1cc2ncnc(-c3cn(C)nc3-c3ccccc3)c2cc1NC(=O)N1CCNC(C)C1C. The molecule has 0 bridgehead atoms. The number of aryl methyl sites for hydroxylation is 1. The van der Waals surface area contributed by atoms with Gasteiger partial charge >= 0.3 is 6.03 Å². The van der Waals surface area contributed by atoms with Crippen LogP contribution in [0.1, 0.15) is 13.8 Å². The maximum Gasteiger partial charge on any atom is 0.322 e. The van der Waals surface area contributed by atoms with Crippen LogP contribution in [0.3, 0.4) is 0 Å². The highest BCUT2D eigenvalue weighted by atomic mass is 16.5. The molecule has 0 aliphatic carbocycles. The molecule has 9 nitrogen and oxygen atoms in total. The van der Waals surface area contributed by atoms with Gasteiger partial charge in [0.25, 0.3) is 0 Å². The fourth-order valence-corrected chi connectivity index (χ4v) is 4.57. The van der Waals surface area contributed by atoms with Crippen molar-refractivity contribution in [3.05, 3.63) is 55.0 Å². The summed E-state index contributed by atoms with van der Waals surface area (Å²) in [6.45, 7) is 5.53. The lowest BCUT2D eigenvalue weighted by Gasteiger charge is -2.38. The van der Waals surface area contributed by atoms with Gasteiger partial charge in [0.05, 0.1) is 24.0 Å². The molecule has 1 saturated heterocycles. The van der Waals surface area contributed by atoms with Gasteiger partial charge < -0.3 is 20.3 Å². The average Bonchev–Trinajstić information content (AvgIpc) is 3.26. The number of nitrogens with zero attached hydrogens (tertiary/aromatic N) is 5. The molecule has 2 aromatic heterocycles. The third-order valence-corrected chi connectivity index (χ3v) is 6.62. The summed E-state index contributed by atoms with van der Waals surface area (Å²) < 4.78 is 7.39. The number of urea groups is 1. The average molecular weight is 472 g/mol. The second-order valence-corrected chi connectivity index (χ2v) is 8.83. The number of piperazine rings is 1. The van der Waals surface area contributed by atoms with Gasteiger partial charge in [-0.05, 0) is 19.9 Å². The van der Waals surface area contributed by atoms with Crippen LogP contribution in [0.4, 0.5) is 10.5 Å². The molecule has 0 saturated carbocycles. The Bertz CT molecular complexity index is 1370. The van der Waals surface area contributed by atoms with E-state index in [1.807, 2.05) is 67.5 Å². The Hall–Kier alpha value is -3.98. The number of methoxy groups -OCH3 is 1. The van der Waals surface area contributed by atoms with Crippen LogP contribution in [0.5, 0.6) is 5.75 Å². The van der Waals surface area contributed by atoms with Crippen molar-refractivity contribution in [2.75, 3.05) is 25.5 Å². The van der Waals surface area contributed by atoms with Gasteiger partial charge in [-0.1, -0.05) is 30.3 Å². The lowest BCUT2D eigenvalue weighted by Crippen LogP contribution is -2.58. The number of carbonyl (C=O) groups excluding carboxylic acids is 1. The summed E-state index contributed by atoms with van der Waals surface area (Å²) in [5.74, 6) is 0.542. The van der Waals surface area contributed by atoms with Crippen molar-refractivity contribution in [3.63, 3.8) is 0 Å². The number of hydrogen-bond acceptors (Lipinski definition) is 6. The minimum Gasteiger partial charge on any atom is -0.494 e. The lowest BCUT2D eigenvalue weighted by atomic mass is 10.0. The van der Waals surface area contributed by atoms with Gasteiger partial charge in [0.2, 0.25) is 0 Å². The van der Waals surface area contributed by atoms with E-state index in [2.05, 4.69) is 27.5 Å². The first-order valence-electron chi connectivity index (χ1n) is 11.7. The van der Waals surface area contributed by atoms with E-state index >= 15 is 0 Å². The standard InChI is InChI=1S/C26H29N7O2/c1-16-17(2)33(11-10-27-16)26(34)30-22-12-19-21(13-23(22)35-4)28-15-29-25(19)20-14-32(3)31-24(20)18-8-6-5-7-9-18/h5-9,12-17,27H,10-11H2,1-4H3,(H,30,34). The van der Waals surface area contributed by atoms with E-state index in [1.165, 1.54) is 0 Å². The number of anilines is 1. The maximum atomic E-state index is 13.2. The summed E-state index contributed by atoms with van der Waals surface area (Å²) in [4.78, 5) is 24.2. The van der Waals surface area contributed by atoms with Crippen LogP contribution in [-0.4, -0.2) is 63.0 Å². The molecule has 2 N–H and O–H groups in total. The van der Waals surface area contributed by atoms with Gasteiger partial charge in [0.15, 0.2) is 0 Å². The molecular formula is C26H29N7O2. The van der Waals surface area contributed by atoms with Gasteiger partial charge in [-0.3, -0.25) is 4.68 Å². The summed E-state index contributed by atoms with van der Waals surface area (Å²) in [6, 6.07) is 13.9. The lowest BCUT2D eigenvalue weighted by molar-refractivity contribution is 0.156. The molecule has 3 heterocycles. The number of carbonyl (C=O) groups is 1. The van der Waals surface area contributed by atoms with Crippen molar-refractivity contribution >= 4 is 22.6 Å². The highest BCUT2D eigenvalue weighted by Crippen LogP contribution is 2.37. The molecular weight excluding hydrogens is 442 g/mol. The molecule has 2 atom stereocenters. The van der Waals surface area contributed by atoms with Gasteiger partial charge in [0, 0.05) is 61.0 Å². The Morgan fingerprint density at radius 1 is 1.14 bits per heavy atom. The van der Waals surface area contributed by atoms with Crippen molar-refractivity contribution in [2.24, 2.45) is 7.05 Å². The minimum atomic E-state index is -0.159. The highest BCUT2D eigenvalue weighted by Gasteiger charge is 2.29. The Kier molecular flexibility index (Phi) is 6.08. The first kappa shape index (κ1) is 22.8. The number of benzene rings is 2. The van der Waals surface area contributed by atoms with E-state index in [-0.39, 0.29) is 18.1 Å². The fourth-order valence-electron chi connectivity index (χ4n) is 4.57. The monoisotopic (exact) mass is 471 g/mol. The zero-order valence-electron chi connectivity index (χ0n) is 20.3. The van der Waals surface area contributed by atoms with E-state index in [0.29, 0.717) is 18.0 Å². The molecule has 35 heavy (non-hydrogen) atoms. The van der Waals surface area contributed by atoms with Crippen molar-refractivity contribution in [3.8, 4) is 28.3 Å². The van der Waals surface area contributed by atoms with Crippen molar-refractivity contribution in [2.45, 2.75) is 25.9 Å². The Morgan fingerprint density at radius 3 is 2.71 bits per heavy atom. The number of rotatable bonds is 4. The first-order valence-corrected chi connectivity index (χ1v) is 11.7. The molecule has 1 fully saturated rings. The van der Waals surface area contributed by atoms with Gasteiger partial charge in [-0.2, -0.15) is 5.10 Å². The number of amides is 2. The molecule has 180 valence electrons. The predicted molar refractivity (Wildman–Crippen MR) is 136 cm³/mol. The second-order valence-electron chi connectivity index (χ2n) is 8.83. The minimum absolute atomic E-state index is 0.0675. The summed E-state index contributed by atoms with van der Waals surface area (Å²) in [5.41, 5.74) is 4.75. The van der Waals surface area contributed by atoms with Crippen molar-refractivity contribution < 1.29 is 9.53 Å². The third-order valence-electron chi connectivity index (χ3n) is 6.62. The van der Waals surface area contributed by atoms with Crippen LogP contribution >= 0.6 is 0 Å². The van der Waals surface area contributed by atoms with E-state index in [0.717, 1.165) is 40.0 Å². The summed E-state index contributed by atoms with van der Waals surface area (Å²) in [5, 5.41) is 12.0. The molecule has 2 unspecified atom stereocenters. The van der Waals surface area contributed by atoms with Crippen LogP contribution in [0, 0.1) is 0 Å². The molecule has 4 aromatic rings. The van der Waals surface area contributed by atoms with Crippen LogP contribution < -0.4 is 15.4 Å². The van der Waals surface area contributed by atoms with Crippen LogP contribution in [0.15, 0.2) is 55.0 Å². The fraction of sp³-hybridized carbons (Fsp3) is 0.308. The zero-order valence-corrected chi connectivity index (χ0v) is 20.3. The Labute approximate surface area is 204 Å². The molecule has 0 spiro atoms. The van der Waals surface area contributed by atoms with E-state index in [1.54, 1.807) is 18.1 Å². The molecule has 1 aliphatic rings. The maximum absolute atomic E-state index is 13.2. The second kappa shape index (κ2) is 9.34. The number of nitrogens with one attached hydrogen (secondary N) is 2. The molecule has 0 radical (unpaired) electrons. The topological polar surface area (TPSA) is 97.2 Å². The van der Waals surface area contributed by atoms with Crippen LogP contribution in [-0.2, 0) is 7.05 Å². The summed E-state index contributed by atoms with van der Waals surface area (Å²) >= 11 is 0. The van der Waals surface area contributed by atoms with Gasteiger partial charge in [-0.15, -0.1) is 0 Å². The van der Waals surface area contributed by atoms with E-state index in [4.69, 9.17) is 9.84 Å². The number of fused-ring (bicyclic) bond motifs is 1.